The smallest absolute Gasteiger partial charge is 0.306 e. The van der Waals surface area contributed by atoms with E-state index >= 15 is 0 Å². The van der Waals surface area contributed by atoms with Crippen molar-refractivity contribution in [3.05, 3.63) is 24.3 Å². The fraction of sp³-hybridized carbons (Fsp3) is 0.864. The molecule has 0 aromatic rings. The first-order valence-electron chi connectivity index (χ1n) is 21.3. The number of rotatable bonds is 39. The summed E-state index contributed by atoms with van der Waals surface area (Å²) in [6.45, 7) is 4.53. The average Bonchev–Trinajstić information content (AvgIpc) is 3.07. The highest BCUT2D eigenvalue weighted by Crippen LogP contribution is 2.19. The van der Waals surface area contributed by atoms with Gasteiger partial charge in [-0.1, -0.05) is 179 Å². The van der Waals surface area contributed by atoms with E-state index in [0.29, 0.717) is 12.8 Å². The molecule has 1 atom stereocenters. The number of esters is 1. The largest absolute Gasteiger partial charge is 0.481 e. The molecule has 4 heteroatoms. The molecule has 1 unspecified atom stereocenters. The SMILES string of the molecule is CCCCC/C=C\C/C=C\CCCCCCCCCC(=O)OC(CCCCCCCCCCCCCCCCCC)CCCCC(=O)O. The van der Waals surface area contributed by atoms with Gasteiger partial charge in [0, 0.05) is 12.8 Å². The molecule has 48 heavy (non-hydrogen) atoms. The van der Waals surface area contributed by atoms with Gasteiger partial charge in [0.2, 0.25) is 0 Å². The molecule has 0 radical (unpaired) electrons. The van der Waals surface area contributed by atoms with E-state index in [2.05, 4.69) is 38.2 Å². The van der Waals surface area contributed by atoms with Crippen LogP contribution in [0, 0.1) is 0 Å². The summed E-state index contributed by atoms with van der Waals surface area (Å²) in [4.78, 5) is 23.5. The number of allylic oxidation sites excluding steroid dienone is 4. The Labute approximate surface area is 299 Å². The van der Waals surface area contributed by atoms with Gasteiger partial charge in [0.25, 0.3) is 0 Å². The molecule has 0 aromatic heterocycles. The third-order valence-corrected chi connectivity index (χ3v) is 9.68. The lowest BCUT2D eigenvalue weighted by Gasteiger charge is -2.18. The Hall–Kier alpha value is -1.58. The highest BCUT2D eigenvalue weighted by atomic mass is 16.5. The van der Waals surface area contributed by atoms with Crippen LogP contribution in [0.25, 0.3) is 0 Å². The number of hydrogen-bond donors (Lipinski definition) is 1. The second kappa shape index (κ2) is 39.9. The lowest BCUT2D eigenvalue weighted by molar-refractivity contribution is -0.150. The minimum atomic E-state index is -0.741. The summed E-state index contributed by atoms with van der Waals surface area (Å²) in [5, 5.41) is 8.97. The van der Waals surface area contributed by atoms with E-state index in [0.717, 1.165) is 44.9 Å². The van der Waals surface area contributed by atoms with Crippen molar-refractivity contribution in [2.45, 2.75) is 245 Å². The minimum Gasteiger partial charge on any atom is -0.481 e. The summed E-state index contributed by atoms with van der Waals surface area (Å²) in [7, 11) is 0. The maximum absolute atomic E-state index is 12.6. The number of carbonyl (C=O) groups is 2. The number of aliphatic carboxylic acids is 1. The Morgan fingerprint density at radius 2 is 0.812 bits per heavy atom. The van der Waals surface area contributed by atoms with Crippen LogP contribution in [0.15, 0.2) is 24.3 Å². The molecule has 0 heterocycles. The predicted molar refractivity (Wildman–Crippen MR) is 209 cm³/mol. The molecule has 282 valence electrons. The number of ether oxygens (including phenoxy) is 1. The molecule has 0 saturated carbocycles. The van der Waals surface area contributed by atoms with Gasteiger partial charge in [0.1, 0.15) is 6.10 Å². The van der Waals surface area contributed by atoms with Crippen LogP contribution in [-0.2, 0) is 14.3 Å². The van der Waals surface area contributed by atoms with Crippen LogP contribution in [0.2, 0.25) is 0 Å². The van der Waals surface area contributed by atoms with Crippen molar-refractivity contribution >= 4 is 11.9 Å². The molecule has 0 bridgehead atoms. The number of carboxylic acid groups (broad SMARTS) is 1. The van der Waals surface area contributed by atoms with E-state index in [4.69, 9.17) is 9.84 Å². The van der Waals surface area contributed by atoms with Crippen molar-refractivity contribution in [2.75, 3.05) is 0 Å². The highest BCUT2D eigenvalue weighted by Gasteiger charge is 2.14. The second-order valence-electron chi connectivity index (χ2n) is 14.5. The van der Waals surface area contributed by atoms with Crippen LogP contribution in [0.4, 0.5) is 0 Å². The average molecular weight is 675 g/mol. The van der Waals surface area contributed by atoms with Crippen LogP contribution >= 0.6 is 0 Å². The number of carboxylic acids is 1. The van der Waals surface area contributed by atoms with E-state index in [-0.39, 0.29) is 18.5 Å². The Morgan fingerprint density at radius 1 is 0.458 bits per heavy atom. The summed E-state index contributed by atoms with van der Waals surface area (Å²) >= 11 is 0. The summed E-state index contributed by atoms with van der Waals surface area (Å²) < 4.78 is 5.91. The van der Waals surface area contributed by atoms with Crippen molar-refractivity contribution < 1.29 is 19.4 Å². The lowest BCUT2D eigenvalue weighted by atomic mass is 10.0. The fourth-order valence-electron chi connectivity index (χ4n) is 6.51. The second-order valence-corrected chi connectivity index (χ2v) is 14.5. The van der Waals surface area contributed by atoms with Crippen molar-refractivity contribution in [3.63, 3.8) is 0 Å². The van der Waals surface area contributed by atoms with E-state index < -0.39 is 5.97 Å². The summed E-state index contributed by atoms with van der Waals surface area (Å²) in [6.07, 6.45) is 50.5. The molecule has 4 nitrogen and oxygen atoms in total. The summed E-state index contributed by atoms with van der Waals surface area (Å²) in [6, 6.07) is 0. The van der Waals surface area contributed by atoms with Gasteiger partial charge in [-0.3, -0.25) is 9.59 Å². The molecule has 0 aliphatic rings. The van der Waals surface area contributed by atoms with Crippen molar-refractivity contribution in [3.8, 4) is 0 Å². The van der Waals surface area contributed by atoms with E-state index in [1.54, 1.807) is 0 Å². The molecule has 1 N–H and O–H groups in total. The van der Waals surface area contributed by atoms with Gasteiger partial charge in [-0.25, -0.2) is 0 Å². The lowest BCUT2D eigenvalue weighted by Crippen LogP contribution is -2.18. The van der Waals surface area contributed by atoms with Crippen molar-refractivity contribution in [2.24, 2.45) is 0 Å². The van der Waals surface area contributed by atoms with Crippen LogP contribution in [0.5, 0.6) is 0 Å². The third kappa shape index (κ3) is 38.9. The van der Waals surface area contributed by atoms with Crippen LogP contribution in [0.1, 0.15) is 239 Å². The maximum atomic E-state index is 12.6. The van der Waals surface area contributed by atoms with Gasteiger partial charge < -0.3 is 9.84 Å². The molecular weight excluding hydrogens is 592 g/mol. The Kier molecular flexibility index (Phi) is 38.5. The van der Waals surface area contributed by atoms with Gasteiger partial charge >= 0.3 is 11.9 Å². The summed E-state index contributed by atoms with van der Waals surface area (Å²) in [5.41, 5.74) is 0. The monoisotopic (exact) mass is 675 g/mol. The van der Waals surface area contributed by atoms with Crippen molar-refractivity contribution in [1.29, 1.82) is 0 Å². The zero-order chi connectivity index (χ0) is 35.0. The first kappa shape index (κ1) is 46.4. The van der Waals surface area contributed by atoms with Crippen LogP contribution < -0.4 is 0 Å². The van der Waals surface area contributed by atoms with Gasteiger partial charge in [-0.05, 0) is 70.6 Å². The van der Waals surface area contributed by atoms with Gasteiger partial charge in [0.05, 0.1) is 0 Å². The minimum absolute atomic E-state index is 0.0474. The first-order valence-corrected chi connectivity index (χ1v) is 21.3. The van der Waals surface area contributed by atoms with Crippen LogP contribution in [0.3, 0.4) is 0 Å². The molecule has 0 aliphatic heterocycles. The molecule has 0 rings (SSSR count). The predicted octanol–water partition coefficient (Wildman–Crippen LogP) is 14.8. The molecule has 0 fully saturated rings. The maximum Gasteiger partial charge on any atom is 0.306 e. The number of hydrogen-bond acceptors (Lipinski definition) is 3. The zero-order valence-corrected chi connectivity index (χ0v) is 32.3. The summed E-state index contributed by atoms with van der Waals surface area (Å²) in [5.74, 6) is -0.799. The molecule has 0 spiro atoms. The topological polar surface area (TPSA) is 63.6 Å². The Bertz CT molecular complexity index is 727. The van der Waals surface area contributed by atoms with Gasteiger partial charge in [-0.15, -0.1) is 0 Å². The van der Waals surface area contributed by atoms with E-state index in [1.165, 1.54) is 161 Å². The third-order valence-electron chi connectivity index (χ3n) is 9.68. The molecule has 0 saturated heterocycles. The Morgan fingerprint density at radius 3 is 1.29 bits per heavy atom. The highest BCUT2D eigenvalue weighted by molar-refractivity contribution is 5.69. The normalized spacial score (nSPS) is 12.4. The molecule has 0 aromatic carbocycles. The van der Waals surface area contributed by atoms with E-state index in [1.807, 2.05) is 0 Å². The Balaban J connectivity index is 3.85. The standard InChI is InChI=1S/C44H82O4/c1-3-5-7-9-11-13-15-17-19-21-23-25-27-29-31-33-35-41-44(47)48-42(39-36-37-40-43(45)46)38-34-32-30-28-26-24-22-20-18-16-14-12-10-8-6-4-2/h11,13,17,19,42H,3-10,12,14-16,18,20-41H2,1-2H3,(H,45,46)/b13-11-,19-17-. The fourth-order valence-corrected chi connectivity index (χ4v) is 6.51. The molecule has 0 aliphatic carbocycles. The number of unbranched alkanes of at least 4 members (excludes halogenated alkanes) is 26. The van der Waals surface area contributed by atoms with Crippen molar-refractivity contribution in [1.82, 2.24) is 0 Å². The first-order chi connectivity index (χ1) is 23.6. The quantitative estimate of drug-likeness (QED) is 0.0400. The van der Waals surface area contributed by atoms with Gasteiger partial charge in [0.15, 0.2) is 0 Å². The van der Waals surface area contributed by atoms with Crippen LogP contribution in [-0.4, -0.2) is 23.1 Å². The zero-order valence-electron chi connectivity index (χ0n) is 32.3. The number of carbonyl (C=O) groups excluding carboxylic acids is 1. The van der Waals surface area contributed by atoms with E-state index in [9.17, 15) is 9.59 Å². The van der Waals surface area contributed by atoms with Gasteiger partial charge in [-0.2, -0.15) is 0 Å². The molecule has 0 amide bonds. The molecular formula is C44H82O4.